The second-order valence-electron chi connectivity index (χ2n) is 7.27. The molecular formula is C17H34ClN3O4S. The van der Waals surface area contributed by atoms with Crippen LogP contribution >= 0.6 is 12.4 Å². The van der Waals surface area contributed by atoms with Crippen LogP contribution in [0.1, 0.15) is 45.4 Å². The second kappa shape index (κ2) is 12.1. The van der Waals surface area contributed by atoms with E-state index in [4.69, 9.17) is 4.74 Å². The number of nitrogens with one attached hydrogen (secondary N) is 3. The summed E-state index contributed by atoms with van der Waals surface area (Å²) in [6.45, 7) is 5.33. The Labute approximate surface area is 163 Å². The largest absolute Gasteiger partial charge is 0.377 e. The van der Waals surface area contributed by atoms with Crippen molar-refractivity contribution in [3.63, 3.8) is 0 Å². The third kappa shape index (κ3) is 8.99. The van der Waals surface area contributed by atoms with Gasteiger partial charge in [-0.2, -0.15) is 0 Å². The van der Waals surface area contributed by atoms with Gasteiger partial charge in [-0.15, -0.1) is 12.4 Å². The van der Waals surface area contributed by atoms with Crippen LogP contribution in [0.5, 0.6) is 0 Å². The van der Waals surface area contributed by atoms with Gasteiger partial charge in [-0.1, -0.05) is 6.92 Å². The van der Waals surface area contributed by atoms with Crippen molar-refractivity contribution in [1.29, 1.82) is 0 Å². The number of sulfonamides is 1. The zero-order valence-corrected chi connectivity index (χ0v) is 17.3. The molecule has 2 heterocycles. The first kappa shape index (κ1) is 23.6. The third-order valence-electron chi connectivity index (χ3n) is 5.19. The van der Waals surface area contributed by atoms with Crippen molar-refractivity contribution in [2.75, 3.05) is 38.5 Å². The number of rotatable bonds is 9. The van der Waals surface area contributed by atoms with Gasteiger partial charge in [0.05, 0.1) is 11.9 Å². The molecule has 0 aromatic rings. The Bertz CT molecular complexity index is 506. The van der Waals surface area contributed by atoms with Crippen LogP contribution in [-0.4, -0.2) is 59.0 Å². The predicted molar refractivity (Wildman–Crippen MR) is 105 cm³/mol. The van der Waals surface area contributed by atoms with Crippen molar-refractivity contribution in [3.8, 4) is 0 Å². The molecule has 3 N–H and O–H groups in total. The van der Waals surface area contributed by atoms with Crippen LogP contribution in [0, 0.1) is 11.8 Å². The lowest BCUT2D eigenvalue weighted by Crippen LogP contribution is -2.39. The molecule has 0 aliphatic carbocycles. The lowest BCUT2D eigenvalue weighted by molar-refractivity contribution is -0.122. The fourth-order valence-electron chi connectivity index (χ4n) is 3.53. The fourth-order valence-corrected chi connectivity index (χ4v) is 4.48. The monoisotopic (exact) mass is 411 g/mol. The van der Waals surface area contributed by atoms with Crippen LogP contribution in [0.15, 0.2) is 0 Å². The van der Waals surface area contributed by atoms with Crippen molar-refractivity contribution >= 4 is 28.3 Å². The highest BCUT2D eigenvalue weighted by molar-refractivity contribution is 7.89. The number of carbonyl (C=O) groups excluding carboxylic acids is 1. The Balaban J connectivity index is 0.00000338. The number of hydrogen-bond donors (Lipinski definition) is 3. The first-order chi connectivity index (χ1) is 12.0. The van der Waals surface area contributed by atoms with Gasteiger partial charge < -0.3 is 15.4 Å². The van der Waals surface area contributed by atoms with Gasteiger partial charge in [0.2, 0.25) is 15.9 Å². The van der Waals surface area contributed by atoms with E-state index in [0.29, 0.717) is 31.4 Å². The van der Waals surface area contributed by atoms with E-state index in [1.807, 2.05) is 0 Å². The van der Waals surface area contributed by atoms with E-state index in [9.17, 15) is 13.2 Å². The average molecular weight is 412 g/mol. The Kier molecular flexibility index (Phi) is 11.0. The molecule has 0 aromatic heterocycles. The third-order valence-corrected chi connectivity index (χ3v) is 6.54. The minimum absolute atomic E-state index is 0. The van der Waals surface area contributed by atoms with Crippen molar-refractivity contribution in [2.45, 2.75) is 51.6 Å². The molecule has 0 spiro atoms. The van der Waals surface area contributed by atoms with Crippen LogP contribution in [0.4, 0.5) is 0 Å². The highest BCUT2D eigenvalue weighted by Gasteiger charge is 2.22. The van der Waals surface area contributed by atoms with E-state index < -0.39 is 10.0 Å². The summed E-state index contributed by atoms with van der Waals surface area (Å²) in [7, 11) is -3.38. The minimum atomic E-state index is -3.38. The molecule has 154 valence electrons. The molecule has 1 amide bonds. The number of ether oxygens (including phenoxy) is 1. The summed E-state index contributed by atoms with van der Waals surface area (Å²) in [4.78, 5) is 12.0. The maximum atomic E-state index is 12.0. The smallest absolute Gasteiger partial charge is 0.220 e. The number of halogens is 1. The van der Waals surface area contributed by atoms with Gasteiger partial charge >= 0.3 is 0 Å². The number of amides is 1. The van der Waals surface area contributed by atoms with Gasteiger partial charge in [0.1, 0.15) is 0 Å². The van der Waals surface area contributed by atoms with Crippen LogP contribution in [0.25, 0.3) is 0 Å². The van der Waals surface area contributed by atoms with Crippen molar-refractivity contribution < 1.29 is 17.9 Å². The van der Waals surface area contributed by atoms with E-state index in [1.54, 1.807) is 0 Å². The average Bonchev–Trinajstić information content (AvgIpc) is 2.61. The Morgan fingerprint density at radius 1 is 1.23 bits per heavy atom. The molecule has 2 rings (SSSR count). The van der Waals surface area contributed by atoms with Gasteiger partial charge in [0.15, 0.2) is 0 Å². The van der Waals surface area contributed by atoms with E-state index in [1.165, 1.54) is 0 Å². The maximum Gasteiger partial charge on any atom is 0.220 e. The summed E-state index contributed by atoms with van der Waals surface area (Å²) in [5, 5.41) is 6.07. The molecule has 0 aromatic carbocycles. The summed E-state index contributed by atoms with van der Waals surface area (Å²) < 4.78 is 32.1. The molecule has 0 bridgehead atoms. The molecule has 26 heavy (non-hydrogen) atoms. The Morgan fingerprint density at radius 2 is 1.96 bits per heavy atom. The minimum Gasteiger partial charge on any atom is -0.377 e. The normalized spacial score (nSPS) is 23.0. The second-order valence-corrected chi connectivity index (χ2v) is 9.20. The van der Waals surface area contributed by atoms with E-state index in [0.717, 1.165) is 45.2 Å². The quantitative estimate of drug-likeness (QED) is 0.526. The SMILES string of the molecule is CC(CC(=O)NCCS(=O)(=O)NCC1CCCCO1)C1CCNCC1.Cl. The summed E-state index contributed by atoms with van der Waals surface area (Å²) in [6.07, 6.45) is 5.68. The van der Waals surface area contributed by atoms with Gasteiger partial charge in [-0.3, -0.25) is 4.79 Å². The first-order valence-corrected chi connectivity index (χ1v) is 11.2. The molecule has 2 fully saturated rings. The van der Waals surface area contributed by atoms with Crippen molar-refractivity contribution in [2.24, 2.45) is 11.8 Å². The summed E-state index contributed by atoms with van der Waals surface area (Å²) in [5.74, 6) is 0.762. The Morgan fingerprint density at radius 3 is 2.62 bits per heavy atom. The lowest BCUT2D eigenvalue weighted by atomic mass is 9.84. The highest BCUT2D eigenvalue weighted by atomic mass is 35.5. The highest BCUT2D eigenvalue weighted by Crippen LogP contribution is 2.24. The van der Waals surface area contributed by atoms with E-state index in [2.05, 4.69) is 22.3 Å². The maximum absolute atomic E-state index is 12.0. The van der Waals surface area contributed by atoms with E-state index >= 15 is 0 Å². The fraction of sp³-hybridized carbons (Fsp3) is 0.941. The molecule has 0 radical (unpaired) electrons. The van der Waals surface area contributed by atoms with Crippen LogP contribution in [0.3, 0.4) is 0 Å². The summed E-state index contributed by atoms with van der Waals surface area (Å²) in [6, 6.07) is 0. The molecule has 9 heteroatoms. The van der Waals surface area contributed by atoms with E-state index in [-0.39, 0.29) is 36.7 Å². The summed E-state index contributed by atoms with van der Waals surface area (Å²) in [5.41, 5.74) is 0. The van der Waals surface area contributed by atoms with Crippen LogP contribution < -0.4 is 15.4 Å². The van der Waals surface area contributed by atoms with Crippen LogP contribution in [-0.2, 0) is 19.6 Å². The predicted octanol–water partition coefficient (Wildman–Crippen LogP) is 1.04. The zero-order chi connectivity index (χ0) is 18.1. The molecular weight excluding hydrogens is 378 g/mol. The zero-order valence-electron chi connectivity index (χ0n) is 15.7. The number of hydrogen-bond acceptors (Lipinski definition) is 5. The van der Waals surface area contributed by atoms with Gasteiger partial charge in [-0.25, -0.2) is 13.1 Å². The topological polar surface area (TPSA) is 96.5 Å². The molecule has 2 aliphatic heterocycles. The van der Waals surface area contributed by atoms with Gasteiger partial charge in [-0.05, 0) is 57.0 Å². The molecule has 2 unspecified atom stereocenters. The number of carbonyl (C=O) groups is 1. The Hall–Kier alpha value is -0.410. The van der Waals surface area contributed by atoms with Crippen molar-refractivity contribution in [1.82, 2.24) is 15.4 Å². The molecule has 2 atom stereocenters. The number of piperidine rings is 1. The van der Waals surface area contributed by atoms with Gasteiger partial charge in [0, 0.05) is 26.1 Å². The standard InChI is InChI=1S/C17H33N3O4S.ClH/c1-14(15-5-7-18-8-6-15)12-17(21)19-9-11-25(22,23)20-13-16-4-2-3-10-24-16;/h14-16,18,20H,2-13H2,1H3,(H,19,21);1H. The summed E-state index contributed by atoms with van der Waals surface area (Å²) >= 11 is 0. The van der Waals surface area contributed by atoms with Crippen molar-refractivity contribution in [3.05, 3.63) is 0 Å². The lowest BCUT2D eigenvalue weighted by Gasteiger charge is -2.27. The molecule has 2 aliphatic rings. The molecule has 7 nitrogen and oxygen atoms in total. The van der Waals surface area contributed by atoms with Crippen LogP contribution in [0.2, 0.25) is 0 Å². The molecule has 2 saturated heterocycles. The molecule has 0 saturated carbocycles. The van der Waals surface area contributed by atoms with Gasteiger partial charge in [0.25, 0.3) is 0 Å². The first-order valence-electron chi connectivity index (χ1n) is 9.52.